The van der Waals surface area contributed by atoms with Crippen molar-refractivity contribution in [3.05, 3.63) is 77.9 Å². The number of aryl methyl sites for hydroxylation is 1. The maximum Gasteiger partial charge on any atom is 0.247 e. The number of nitrogens with zero attached hydrogens (tertiary/aromatic N) is 2. The summed E-state index contributed by atoms with van der Waals surface area (Å²) in [4.78, 5) is 17.9. The minimum Gasteiger partial charge on any atom is -0.339 e. The number of benzene rings is 3. The second-order valence-corrected chi connectivity index (χ2v) is 8.91. The fourth-order valence-corrected chi connectivity index (χ4v) is 6.00. The van der Waals surface area contributed by atoms with Crippen LogP contribution in [0.3, 0.4) is 0 Å². The van der Waals surface area contributed by atoms with Crippen LogP contribution in [0, 0.1) is 0 Å². The van der Waals surface area contributed by atoms with Crippen molar-refractivity contribution in [2.75, 3.05) is 24.7 Å². The first-order valence-electron chi connectivity index (χ1n) is 11.1. The van der Waals surface area contributed by atoms with Crippen LogP contribution >= 0.6 is 0 Å². The maximum absolute atomic E-state index is 13.0. The molecule has 1 N–H and O–H groups in total. The molecule has 6 rings (SSSR count). The third kappa shape index (κ3) is 2.60. The van der Waals surface area contributed by atoms with E-state index in [9.17, 15) is 4.79 Å². The van der Waals surface area contributed by atoms with Gasteiger partial charge in [-0.2, -0.15) is 0 Å². The normalized spacial score (nSPS) is 23.1. The second-order valence-electron chi connectivity index (χ2n) is 8.91. The van der Waals surface area contributed by atoms with Gasteiger partial charge in [-0.1, -0.05) is 54.6 Å². The van der Waals surface area contributed by atoms with Crippen molar-refractivity contribution < 1.29 is 4.79 Å². The molecule has 0 saturated carbocycles. The van der Waals surface area contributed by atoms with Crippen molar-refractivity contribution in [3.63, 3.8) is 0 Å². The summed E-state index contributed by atoms with van der Waals surface area (Å²) in [6.45, 7) is 2.53. The average molecular weight is 398 g/mol. The zero-order chi connectivity index (χ0) is 20.1. The number of para-hydroxylation sites is 1. The van der Waals surface area contributed by atoms with E-state index in [2.05, 4.69) is 75.8 Å². The summed E-state index contributed by atoms with van der Waals surface area (Å²) >= 11 is 0. The third-order valence-corrected chi connectivity index (χ3v) is 7.54. The number of carbonyl (C=O) groups excluding carboxylic acids is 1. The predicted octanol–water partition coefficient (Wildman–Crippen LogP) is 4.26. The van der Waals surface area contributed by atoms with Gasteiger partial charge in [-0.05, 0) is 59.7 Å². The Morgan fingerprint density at radius 3 is 2.47 bits per heavy atom. The van der Waals surface area contributed by atoms with Crippen molar-refractivity contribution in [2.45, 2.75) is 37.3 Å². The molecule has 1 atom stereocenters. The summed E-state index contributed by atoms with van der Waals surface area (Å²) in [5.74, 6) is 0.196. The highest BCUT2D eigenvalue weighted by molar-refractivity contribution is 5.93. The van der Waals surface area contributed by atoms with E-state index in [4.69, 9.17) is 0 Å². The van der Waals surface area contributed by atoms with Gasteiger partial charge in [0.15, 0.2) is 0 Å². The summed E-state index contributed by atoms with van der Waals surface area (Å²) in [6.07, 6.45) is 4.05. The molecule has 4 nitrogen and oxygen atoms in total. The molecular weight excluding hydrogens is 370 g/mol. The Kier molecular flexibility index (Phi) is 4.10. The number of hydrogen-bond donors (Lipinski definition) is 1. The molecule has 3 aliphatic rings. The van der Waals surface area contributed by atoms with Crippen molar-refractivity contribution >= 4 is 22.4 Å². The first-order chi connectivity index (χ1) is 14.8. The number of anilines is 1. The van der Waals surface area contributed by atoms with Crippen molar-refractivity contribution in [1.82, 2.24) is 10.2 Å². The van der Waals surface area contributed by atoms with E-state index in [1.807, 2.05) is 6.07 Å². The van der Waals surface area contributed by atoms with Crippen LogP contribution in [-0.2, 0) is 11.2 Å². The average Bonchev–Trinajstić information content (AvgIpc) is 3.11. The van der Waals surface area contributed by atoms with Gasteiger partial charge < -0.3 is 10.2 Å². The van der Waals surface area contributed by atoms with Gasteiger partial charge in [-0.25, -0.2) is 0 Å². The topological polar surface area (TPSA) is 35.6 Å². The zero-order valence-electron chi connectivity index (χ0n) is 17.2. The van der Waals surface area contributed by atoms with E-state index < -0.39 is 5.54 Å². The van der Waals surface area contributed by atoms with Gasteiger partial charge in [0.2, 0.25) is 5.91 Å². The molecule has 1 spiro atoms. The SMILES string of the molecule is O=C1NCN(c2ccccc2)C12CCN(C1CCc3cccc4cccc1c34)CC2. The van der Waals surface area contributed by atoms with E-state index in [-0.39, 0.29) is 5.91 Å². The molecule has 0 radical (unpaired) electrons. The smallest absolute Gasteiger partial charge is 0.247 e. The number of rotatable bonds is 2. The lowest BCUT2D eigenvalue weighted by atomic mass is 9.81. The van der Waals surface area contributed by atoms with E-state index >= 15 is 0 Å². The lowest BCUT2D eigenvalue weighted by Crippen LogP contribution is -2.56. The Balaban J connectivity index is 1.29. The molecule has 152 valence electrons. The molecule has 1 amide bonds. The number of hydrogen-bond acceptors (Lipinski definition) is 3. The van der Waals surface area contributed by atoms with Crippen molar-refractivity contribution in [2.24, 2.45) is 0 Å². The van der Waals surface area contributed by atoms with Crippen LogP contribution in [0.5, 0.6) is 0 Å². The number of carbonyl (C=O) groups is 1. The maximum atomic E-state index is 13.0. The standard InChI is InChI=1S/C26H27N3O/c30-25-26(29(18-27-25)21-9-2-1-3-10-21)14-16-28(17-15-26)23-13-12-20-7-4-6-19-8-5-11-22(23)24(19)20/h1-11,23H,12-18H2,(H,27,30). The molecule has 2 heterocycles. The van der Waals surface area contributed by atoms with Gasteiger partial charge in [0, 0.05) is 24.8 Å². The first-order valence-corrected chi connectivity index (χ1v) is 11.1. The lowest BCUT2D eigenvalue weighted by molar-refractivity contribution is -0.125. The fraction of sp³-hybridized carbons (Fsp3) is 0.346. The molecule has 0 bridgehead atoms. The summed E-state index contributed by atoms with van der Waals surface area (Å²) in [7, 11) is 0. The molecule has 2 fully saturated rings. The zero-order valence-corrected chi connectivity index (χ0v) is 17.2. The van der Waals surface area contributed by atoms with Crippen molar-refractivity contribution in [3.8, 4) is 0 Å². The van der Waals surface area contributed by atoms with Gasteiger partial charge in [-0.3, -0.25) is 9.69 Å². The van der Waals surface area contributed by atoms with Crippen LogP contribution in [0.2, 0.25) is 0 Å². The van der Waals surface area contributed by atoms with Crippen LogP contribution < -0.4 is 10.2 Å². The van der Waals surface area contributed by atoms with Crippen molar-refractivity contribution in [1.29, 1.82) is 0 Å². The molecule has 2 aliphatic heterocycles. The Hall–Kier alpha value is -2.85. The van der Waals surface area contributed by atoms with Crippen LogP contribution in [0.1, 0.15) is 36.4 Å². The number of nitrogens with one attached hydrogen (secondary N) is 1. The Bertz CT molecular complexity index is 1100. The molecule has 2 saturated heterocycles. The van der Waals surface area contributed by atoms with E-state index in [0.717, 1.165) is 44.5 Å². The second kappa shape index (κ2) is 6.85. The minimum absolute atomic E-state index is 0.196. The largest absolute Gasteiger partial charge is 0.339 e. The van der Waals surface area contributed by atoms with Crippen LogP contribution in [0.4, 0.5) is 5.69 Å². The summed E-state index contributed by atoms with van der Waals surface area (Å²) in [5, 5.41) is 5.94. The van der Waals surface area contributed by atoms with Gasteiger partial charge in [0.25, 0.3) is 0 Å². The fourth-order valence-electron chi connectivity index (χ4n) is 6.00. The molecule has 1 unspecified atom stereocenters. The molecule has 0 aromatic heterocycles. The number of amides is 1. The van der Waals surface area contributed by atoms with Gasteiger partial charge >= 0.3 is 0 Å². The Morgan fingerprint density at radius 1 is 0.900 bits per heavy atom. The summed E-state index contributed by atoms with van der Waals surface area (Å²) in [6, 6.07) is 24.3. The highest BCUT2D eigenvalue weighted by Gasteiger charge is 2.51. The quantitative estimate of drug-likeness (QED) is 0.702. The summed E-state index contributed by atoms with van der Waals surface area (Å²) < 4.78 is 0. The Labute approximate surface area is 177 Å². The number of piperidine rings is 1. The highest BCUT2D eigenvalue weighted by Crippen LogP contribution is 2.42. The van der Waals surface area contributed by atoms with Crippen LogP contribution in [-0.4, -0.2) is 36.1 Å². The van der Waals surface area contributed by atoms with E-state index in [0.29, 0.717) is 12.7 Å². The number of likely N-dealkylation sites (tertiary alicyclic amines) is 1. The molecule has 1 aliphatic carbocycles. The van der Waals surface area contributed by atoms with Gasteiger partial charge in [0.05, 0.1) is 6.67 Å². The molecule has 3 aromatic carbocycles. The third-order valence-electron chi connectivity index (χ3n) is 7.54. The Morgan fingerprint density at radius 2 is 1.67 bits per heavy atom. The summed E-state index contributed by atoms with van der Waals surface area (Å²) in [5.41, 5.74) is 3.69. The van der Waals surface area contributed by atoms with E-state index in [1.165, 1.54) is 21.9 Å². The van der Waals surface area contributed by atoms with Crippen LogP contribution in [0.25, 0.3) is 10.8 Å². The highest BCUT2D eigenvalue weighted by atomic mass is 16.2. The molecule has 3 aromatic rings. The predicted molar refractivity (Wildman–Crippen MR) is 120 cm³/mol. The molecular formula is C26H27N3O. The first kappa shape index (κ1) is 18.0. The van der Waals surface area contributed by atoms with Crippen LogP contribution in [0.15, 0.2) is 66.7 Å². The van der Waals surface area contributed by atoms with Gasteiger partial charge in [-0.15, -0.1) is 0 Å². The minimum atomic E-state index is -0.406. The van der Waals surface area contributed by atoms with Gasteiger partial charge in [0.1, 0.15) is 5.54 Å². The van der Waals surface area contributed by atoms with E-state index in [1.54, 1.807) is 0 Å². The monoisotopic (exact) mass is 397 g/mol. The molecule has 4 heteroatoms. The lowest BCUT2D eigenvalue weighted by Gasteiger charge is -2.46. The molecule has 30 heavy (non-hydrogen) atoms.